The van der Waals surface area contributed by atoms with Crippen LogP contribution >= 0.6 is 0 Å². The molecule has 12 N–H and O–H groups in total. The maximum Gasteiger partial charge on any atom is 0.249 e. The second-order valence-corrected chi connectivity index (χ2v) is 38.2. The molecule has 740 valence electrons. The number of hydrogen-bond donors (Lipinski definition) is 12. The second kappa shape index (κ2) is 99.7. The molecule has 20 nitrogen and oxygen atoms in total. The van der Waals surface area contributed by atoms with Gasteiger partial charge in [0.05, 0.1) is 5.41 Å². The van der Waals surface area contributed by atoms with E-state index in [9.17, 15) is 19.2 Å². The number of amides is 4. The number of hydrogen-bond acceptors (Lipinski definition) is 16. The van der Waals surface area contributed by atoms with Crippen LogP contribution < -0.4 is 44.1 Å². The van der Waals surface area contributed by atoms with Crippen LogP contribution in [0.15, 0.2) is 10.2 Å². The van der Waals surface area contributed by atoms with Crippen molar-refractivity contribution in [3.63, 3.8) is 0 Å². The molecule has 0 aromatic carbocycles. The Kier molecular flexibility index (Phi) is 102. The standard InChI is InChI=1S/C19H39NO2.C18H37NO2.C17H36N4.2C17H35NO2.C16H34N4/c1-4-7-8-9-10-11-12-13-14-15-16-17-19(5-2,6-3)18(21)20-22;1-4-6-7-8-9-10-11-12-13-14-15-16-18(3,5-2)17(20)19-21;1-3-4-5-6-7-8-9-10-11-12-13-14-15-17(2)21-16-18-19-20-21;1-4-5-6-7-8-9-10-11-12-13-14-15-17(2,3)16(19)18-20;1-3-5-6-7-8-9-10-11-12-13-14-15-16(4-2)17(19)18-20;1-2-3-4-5-6-7-8-9-10-11-12-13-14-15-20-16-17-18-19-20/h22H,4-17H2,1-3H3,(H,20,21);21H,4-16H2,1-3H3,(H,19,20);16-17,19-20H,3-15H2,1-2H3;20H,4-15H2,1-3H3,(H,18,19);16,20H,3-15H2,1-2H3,(H,18,19);16,18-19H,2-15H2,1H3. The van der Waals surface area contributed by atoms with Gasteiger partial charge in [0.25, 0.3) is 0 Å². The molecule has 0 aromatic heterocycles. The van der Waals surface area contributed by atoms with Gasteiger partial charge in [-0.25, -0.2) is 33.0 Å². The first-order valence-corrected chi connectivity index (χ1v) is 53.7. The molecule has 2 rings (SSSR count). The summed E-state index contributed by atoms with van der Waals surface area (Å²) in [4.78, 5) is 46.1. The van der Waals surface area contributed by atoms with Crippen LogP contribution in [-0.2, 0) is 19.2 Å². The molecule has 0 aromatic rings. The van der Waals surface area contributed by atoms with Crippen LogP contribution in [0, 0.1) is 22.2 Å². The van der Waals surface area contributed by atoms with Crippen LogP contribution in [0.5, 0.6) is 0 Å². The first-order chi connectivity index (χ1) is 60.3. The van der Waals surface area contributed by atoms with E-state index in [-0.39, 0.29) is 35.0 Å². The van der Waals surface area contributed by atoms with Crippen molar-refractivity contribution in [2.75, 3.05) is 6.54 Å². The summed E-state index contributed by atoms with van der Waals surface area (Å²) in [6.07, 6.45) is 105. The lowest BCUT2D eigenvalue weighted by Gasteiger charge is -2.29. The van der Waals surface area contributed by atoms with Crippen LogP contribution in [0.25, 0.3) is 0 Å². The van der Waals surface area contributed by atoms with Crippen molar-refractivity contribution in [1.82, 2.24) is 54.1 Å². The van der Waals surface area contributed by atoms with E-state index in [0.29, 0.717) is 6.04 Å². The zero-order chi connectivity index (χ0) is 92.5. The van der Waals surface area contributed by atoms with Crippen molar-refractivity contribution in [2.45, 2.75) is 604 Å². The molecule has 0 saturated carbocycles. The minimum atomic E-state index is -0.450. The second-order valence-electron chi connectivity index (χ2n) is 38.2. The third-order valence-corrected chi connectivity index (χ3v) is 26.5. The van der Waals surface area contributed by atoms with Crippen LogP contribution in [0.1, 0.15) is 598 Å². The molecule has 20 heteroatoms. The number of nitrogens with zero attached hydrogens (tertiary/aromatic N) is 4. The summed E-state index contributed by atoms with van der Waals surface area (Å²) in [5.74, 6) is -0.954. The topological polar surface area (TPSA) is 277 Å². The summed E-state index contributed by atoms with van der Waals surface area (Å²) in [6, 6.07) is 0.520. The number of hydrazine groups is 4. The molecule has 0 aliphatic carbocycles. The lowest BCUT2D eigenvalue weighted by molar-refractivity contribution is -0.141. The number of hydroxylamine groups is 4. The zero-order valence-electron chi connectivity index (χ0n) is 84.9. The first-order valence-electron chi connectivity index (χ1n) is 53.7. The smallest absolute Gasteiger partial charge is 0.249 e. The Morgan fingerprint density at radius 1 is 0.306 bits per heavy atom. The Morgan fingerprint density at radius 3 is 0.847 bits per heavy atom. The predicted octanol–water partition coefficient (Wildman–Crippen LogP) is 31.1. The molecule has 0 saturated heterocycles. The third-order valence-electron chi connectivity index (χ3n) is 26.5. The molecule has 3 unspecified atom stereocenters. The molecule has 2 aliphatic heterocycles. The van der Waals surface area contributed by atoms with Crippen molar-refractivity contribution in [3.8, 4) is 0 Å². The van der Waals surface area contributed by atoms with E-state index in [1.165, 1.54) is 424 Å². The fraction of sp³-hybridized carbons (Fsp3) is 0.942. The summed E-state index contributed by atoms with van der Waals surface area (Å²) in [5, 5.41) is 46.8. The quantitative estimate of drug-likeness (QED) is 0.0153. The highest BCUT2D eigenvalue weighted by Crippen LogP contribution is 2.34. The molecule has 4 amide bonds. The Morgan fingerprint density at radius 2 is 0.581 bits per heavy atom. The van der Waals surface area contributed by atoms with Crippen LogP contribution in [-0.4, -0.2) is 79.7 Å². The van der Waals surface area contributed by atoms with Gasteiger partial charge >= 0.3 is 0 Å². The molecule has 3 atom stereocenters. The van der Waals surface area contributed by atoms with E-state index >= 15 is 0 Å². The van der Waals surface area contributed by atoms with E-state index in [2.05, 4.69) is 80.8 Å². The minimum Gasteiger partial charge on any atom is -0.289 e. The SMILES string of the molecule is CCCCCCCCCCCCCC(C)(C)C(=O)NO.CCCCCCCCCCCCCC(C)(CC)C(=O)NO.CCCCCCCCCCCCCC(CC)(CC)C(=O)NO.CCCCCCCCCCCCCC(CC)C(=O)NO.CCCCCCCCCCCCCCC(C)N1C=NNN1.CCCCCCCCCCCCCCCN1C=NNN1. The van der Waals surface area contributed by atoms with Gasteiger partial charge in [0, 0.05) is 29.3 Å². The Hall–Kier alpha value is -3.82. The van der Waals surface area contributed by atoms with E-state index in [1.807, 2.05) is 75.8 Å². The first kappa shape index (κ1) is 126. The molecule has 124 heavy (non-hydrogen) atoms. The number of rotatable bonds is 84. The van der Waals surface area contributed by atoms with Gasteiger partial charge < -0.3 is 0 Å². The molecule has 2 aliphatic rings. The Labute approximate surface area is 769 Å². The van der Waals surface area contributed by atoms with Crippen molar-refractivity contribution in [3.05, 3.63) is 0 Å². The third kappa shape index (κ3) is 83.8. The van der Waals surface area contributed by atoms with Gasteiger partial charge in [-0.3, -0.25) is 50.0 Å². The van der Waals surface area contributed by atoms with Crippen molar-refractivity contribution in [1.29, 1.82) is 0 Å². The Bertz CT molecular complexity index is 2250. The van der Waals surface area contributed by atoms with E-state index in [1.54, 1.807) is 17.3 Å². The fourth-order valence-corrected chi connectivity index (χ4v) is 16.7. The normalized spacial score (nSPS) is 13.1. The van der Waals surface area contributed by atoms with Gasteiger partial charge in [-0.05, 0) is 71.1 Å². The summed E-state index contributed by atoms with van der Waals surface area (Å²) in [7, 11) is 0. The van der Waals surface area contributed by atoms with Crippen LogP contribution in [0.4, 0.5) is 0 Å². The summed E-state index contributed by atoms with van der Waals surface area (Å²) >= 11 is 0. The fourth-order valence-electron chi connectivity index (χ4n) is 16.7. The lowest BCUT2D eigenvalue weighted by Crippen LogP contribution is -2.43. The zero-order valence-corrected chi connectivity index (χ0v) is 84.9. The Balaban J connectivity index is -0.000000697. The van der Waals surface area contributed by atoms with Gasteiger partial charge in [0.2, 0.25) is 23.6 Å². The molecule has 2 heterocycles. The molecular weight excluding hydrogens is 1550 g/mol. The summed E-state index contributed by atoms with van der Waals surface area (Å²) in [5.41, 5.74) is 17.4. The monoisotopic (exact) mass is 1760 g/mol. The van der Waals surface area contributed by atoms with E-state index < -0.39 is 10.8 Å². The predicted molar refractivity (Wildman–Crippen MR) is 532 cm³/mol. The van der Waals surface area contributed by atoms with Gasteiger partial charge in [-0.1, -0.05) is 527 Å². The van der Waals surface area contributed by atoms with Crippen molar-refractivity contribution in [2.24, 2.45) is 32.4 Å². The lowest BCUT2D eigenvalue weighted by atomic mass is 9.77. The van der Waals surface area contributed by atoms with Gasteiger partial charge in [0.1, 0.15) is 12.7 Å². The highest BCUT2D eigenvalue weighted by Gasteiger charge is 2.34. The van der Waals surface area contributed by atoms with Gasteiger partial charge in [-0.2, -0.15) is 10.2 Å². The highest BCUT2D eigenvalue weighted by atomic mass is 16.5. The maximum absolute atomic E-state index is 11.8. The minimum absolute atomic E-state index is 0.0152. The number of nitrogens with one attached hydrogen (secondary N) is 8. The van der Waals surface area contributed by atoms with Crippen molar-refractivity contribution < 1.29 is 40.0 Å². The number of hydrazone groups is 2. The van der Waals surface area contributed by atoms with Gasteiger partial charge in [0.15, 0.2) is 0 Å². The van der Waals surface area contributed by atoms with E-state index in [4.69, 9.17) is 20.8 Å². The van der Waals surface area contributed by atoms with Crippen LogP contribution in [0.2, 0.25) is 0 Å². The summed E-state index contributed by atoms with van der Waals surface area (Å²) < 4.78 is 0. The average Bonchev–Trinajstić information content (AvgIpc) is 1.24. The van der Waals surface area contributed by atoms with E-state index in [0.717, 1.165) is 83.6 Å². The van der Waals surface area contributed by atoms with Crippen LogP contribution in [0.3, 0.4) is 0 Å². The van der Waals surface area contributed by atoms with Crippen molar-refractivity contribution >= 4 is 36.3 Å². The molecule has 0 radical (unpaired) electrons. The highest BCUT2D eigenvalue weighted by molar-refractivity contribution is 5.82. The maximum atomic E-state index is 11.8. The average molecular weight is 1760 g/mol. The number of carbonyl (C=O) groups excluding carboxylic acids is 4. The number of unbranched alkanes of at least 4 members (excludes halogenated alkanes) is 63. The molecule has 0 bridgehead atoms. The number of carbonyl (C=O) groups is 4. The molecular formula is C104H216N12O8. The largest absolute Gasteiger partial charge is 0.289 e. The summed E-state index contributed by atoms with van der Waals surface area (Å²) in [6.45, 7) is 30.7. The molecule has 0 fully saturated rings. The van der Waals surface area contributed by atoms with Gasteiger partial charge in [-0.15, -0.1) is 11.1 Å². The molecule has 0 spiro atoms.